The van der Waals surface area contributed by atoms with E-state index in [2.05, 4.69) is 148 Å². The van der Waals surface area contributed by atoms with Crippen LogP contribution in [0.3, 0.4) is 0 Å². The fourth-order valence-electron chi connectivity index (χ4n) is 7.02. The van der Waals surface area contributed by atoms with Crippen molar-refractivity contribution in [3.05, 3.63) is 156 Å². The van der Waals surface area contributed by atoms with Gasteiger partial charge in [0.15, 0.2) is 0 Å². The van der Waals surface area contributed by atoms with Crippen molar-refractivity contribution >= 4 is 43.6 Å². The highest BCUT2D eigenvalue weighted by molar-refractivity contribution is 6.06. The second-order valence-electron chi connectivity index (χ2n) is 12.9. The first-order valence-electron chi connectivity index (χ1n) is 16.6. The molecular weight excluding hydrogens is 597 g/mol. The number of fused-ring (bicyclic) bond motifs is 6. The fourth-order valence-corrected chi connectivity index (χ4v) is 7.02. The third-order valence-corrected chi connectivity index (χ3v) is 9.63. The number of nitrogens with zero attached hydrogens (tertiary/aromatic N) is 4. The second kappa shape index (κ2) is 11.5. The molecule has 0 aliphatic rings. The van der Waals surface area contributed by atoms with Crippen LogP contribution in [0.1, 0.15) is 16.7 Å². The molecule has 0 radical (unpaired) electrons. The molecule has 0 atom stereocenters. The van der Waals surface area contributed by atoms with Gasteiger partial charge in [0.1, 0.15) is 0 Å². The predicted molar refractivity (Wildman–Crippen MR) is 204 cm³/mol. The van der Waals surface area contributed by atoms with Crippen molar-refractivity contribution in [2.75, 3.05) is 0 Å². The zero-order valence-corrected chi connectivity index (χ0v) is 27.6. The summed E-state index contributed by atoms with van der Waals surface area (Å²) in [5.41, 5.74) is 15.3. The quantitative estimate of drug-likeness (QED) is 0.182. The van der Waals surface area contributed by atoms with E-state index in [1.54, 1.807) is 0 Å². The Labute approximate surface area is 284 Å². The predicted octanol–water partition coefficient (Wildman–Crippen LogP) is 11.5. The van der Waals surface area contributed by atoms with Gasteiger partial charge in [-0.05, 0) is 67.8 Å². The molecule has 0 unspecified atom stereocenters. The van der Waals surface area contributed by atoms with Crippen LogP contribution >= 0.6 is 0 Å². The van der Waals surface area contributed by atoms with Gasteiger partial charge in [-0.1, -0.05) is 109 Å². The van der Waals surface area contributed by atoms with Crippen LogP contribution in [0.5, 0.6) is 0 Å². The van der Waals surface area contributed by atoms with Crippen molar-refractivity contribution in [3.63, 3.8) is 0 Å². The zero-order chi connectivity index (χ0) is 33.1. The number of hydrogen-bond donors (Lipinski definition) is 0. The molecule has 4 heteroatoms. The average molecular weight is 629 g/mol. The third-order valence-electron chi connectivity index (χ3n) is 9.63. The van der Waals surface area contributed by atoms with Gasteiger partial charge in [-0.3, -0.25) is 0 Å². The number of aryl methyl sites for hydroxylation is 3. The molecule has 5 aromatic carbocycles. The topological polar surface area (TPSA) is 51.6 Å². The summed E-state index contributed by atoms with van der Waals surface area (Å²) >= 11 is 0. The van der Waals surface area contributed by atoms with Gasteiger partial charge in [0.25, 0.3) is 0 Å². The summed E-state index contributed by atoms with van der Waals surface area (Å²) in [6.07, 6.45) is 0. The average Bonchev–Trinajstić information content (AvgIpc) is 3.15. The van der Waals surface area contributed by atoms with Crippen LogP contribution in [0.4, 0.5) is 0 Å². The fraction of sp³-hybridized carbons (Fsp3) is 0.0667. The van der Waals surface area contributed by atoms with Gasteiger partial charge < -0.3 is 0 Å². The molecule has 0 bridgehead atoms. The molecule has 4 aromatic heterocycles. The maximum atomic E-state index is 5.24. The van der Waals surface area contributed by atoms with E-state index in [1.807, 2.05) is 12.1 Å². The first-order valence-corrected chi connectivity index (χ1v) is 16.6. The lowest BCUT2D eigenvalue weighted by atomic mass is 9.98. The minimum Gasteiger partial charge on any atom is -0.245 e. The van der Waals surface area contributed by atoms with Crippen LogP contribution in [-0.4, -0.2) is 19.9 Å². The van der Waals surface area contributed by atoms with E-state index in [-0.39, 0.29) is 0 Å². The molecule has 9 rings (SSSR count). The Morgan fingerprint density at radius 3 is 1.33 bits per heavy atom. The molecule has 0 spiro atoms. The summed E-state index contributed by atoms with van der Waals surface area (Å²) < 4.78 is 0. The van der Waals surface area contributed by atoms with E-state index >= 15 is 0 Å². The summed E-state index contributed by atoms with van der Waals surface area (Å²) in [6, 6.07) is 48.7. The molecule has 4 nitrogen and oxygen atoms in total. The smallest absolute Gasteiger partial charge is 0.0975 e. The summed E-state index contributed by atoms with van der Waals surface area (Å²) in [5, 5.41) is 4.40. The van der Waals surface area contributed by atoms with Crippen LogP contribution in [0, 0.1) is 20.8 Å². The summed E-state index contributed by atoms with van der Waals surface area (Å²) in [6.45, 7) is 6.45. The summed E-state index contributed by atoms with van der Waals surface area (Å²) in [5.74, 6) is 0. The van der Waals surface area contributed by atoms with Crippen molar-refractivity contribution in [2.24, 2.45) is 0 Å². The summed E-state index contributed by atoms with van der Waals surface area (Å²) in [7, 11) is 0. The maximum Gasteiger partial charge on any atom is 0.0975 e. The van der Waals surface area contributed by atoms with Crippen molar-refractivity contribution in [2.45, 2.75) is 20.8 Å². The largest absolute Gasteiger partial charge is 0.245 e. The van der Waals surface area contributed by atoms with E-state index in [9.17, 15) is 0 Å². The SMILES string of the molecule is Cc1cc(-c2ccc3ccc4c(C)cc(-c5ccccc5)nc4c3n2)ccc1-c1ccc2ccc3c(C)cc(-c4ccccc4)nc3c2n1. The molecule has 0 saturated heterocycles. The highest BCUT2D eigenvalue weighted by Crippen LogP contribution is 2.34. The first kappa shape index (κ1) is 28.9. The number of rotatable bonds is 4. The Kier molecular flexibility index (Phi) is 6.77. The van der Waals surface area contributed by atoms with E-state index < -0.39 is 0 Å². The van der Waals surface area contributed by atoms with Crippen molar-refractivity contribution < 1.29 is 0 Å². The lowest BCUT2D eigenvalue weighted by molar-refractivity contribution is 1.32. The Morgan fingerprint density at radius 2 is 0.796 bits per heavy atom. The monoisotopic (exact) mass is 628 g/mol. The Balaban J connectivity index is 1.14. The molecule has 49 heavy (non-hydrogen) atoms. The lowest BCUT2D eigenvalue weighted by Gasteiger charge is -2.13. The van der Waals surface area contributed by atoms with Crippen LogP contribution in [-0.2, 0) is 0 Å². The van der Waals surface area contributed by atoms with Crippen molar-refractivity contribution in [1.29, 1.82) is 0 Å². The second-order valence-corrected chi connectivity index (χ2v) is 12.9. The molecule has 0 N–H and O–H groups in total. The summed E-state index contributed by atoms with van der Waals surface area (Å²) in [4.78, 5) is 20.7. The standard InChI is InChI=1S/C45H32N4/c1-27-24-34(38-22-17-32-14-20-36-28(2)25-40(30-10-6-4-7-11-30)48-44(36)42(32)46-38)16-19-35(27)39-23-18-33-15-21-37-29(3)26-41(31-12-8-5-9-13-31)49-45(37)43(33)47-39/h4-26H,1-3H3. The van der Waals surface area contributed by atoms with Gasteiger partial charge in [0.05, 0.1) is 44.8 Å². The third kappa shape index (κ3) is 5.01. The molecule has 0 fully saturated rings. The van der Waals surface area contributed by atoms with Gasteiger partial charge in [-0.25, -0.2) is 19.9 Å². The highest BCUT2D eigenvalue weighted by Gasteiger charge is 2.14. The lowest BCUT2D eigenvalue weighted by Crippen LogP contribution is -1.95. The minimum atomic E-state index is 0.915. The molecule has 4 heterocycles. The minimum absolute atomic E-state index is 0.915. The number of benzene rings is 5. The molecule has 9 aromatic rings. The van der Waals surface area contributed by atoms with Crippen LogP contribution in [0.15, 0.2) is 140 Å². The van der Waals surface area contributed by atoms with Gasteiger partial charge in [0.2, 0.25) is 0 Å². The van der Waals surface area contributed by atoms with Crippen LogP contribution in [0.2, 0.25) is 0 Å². The normalized spacial score (nSPS) is 11.6. The highest BCUT2D eigenvalue weighted by atomic mass is 14.8. The molecule has 232 valence electrons. The van der Waals surface area contributed by atoms with Gasteiger partial charge in [0, 0.05) is 43.8 Å². The molecular formula is C45H32N4. The van der Waals surface area contributed by atoms with Gasteiger partial charge >= 0.3 is 0 Å². The molecule has 0 amide bonds. The zero-order valence-electron chi connectivity index (χ0n) is 27.6. The van der Waals surface area contributed by atoms with Crippen LogP contribution < -0.4 is 0 Å². The van der Waals surface area contributed by atoms with E-state index in [0.29, 0.717) is 0 Å². The Bertz CT molecular complexity index is 2730. The molecule has 0 saturated carbocycles. The number of hydrogen-bond acceptors (Lipinski definition) is 4. The van der Waals surface area contributed by atoms with Crippen molar-refractivity contribution in [1.82, 2.24) is 19.9 Å². The Morgan fingerprint density at radius 1 is 0.327 bits per heavy atom. The Hall–Kier alpha value is -6.26. The van der Waals surface area contributed by atoms with E-state index in [4.69, 9.17) is 19.9 Å². The van der Waals surface area contributed by atoms with E-state index in [0.717, 1.165) is 94.2 Å². The van der Waals surface area contributed by atoms with Gasteiger partial charge in [-0.2, -0.15) is 0 Å². The number of aromatic nitrogens is 4. The van der Waals surface area contributed by atoms with E-state index in [1.165, 1.54) is 11.1 Å². The molecule has 0 aliphatic carbocycles. The maximum absolute atomic E-state index is 5.24. The first-order chi connectivity index (χ1) is 24.0. The van der Waals surface area contributed by atoms with Crippen molar-refractivity contribution in [3.8, 4) is 45.0 Å². The number of pyridine rings is 4. The van der Waals surface area contributed by atoms with Crippen LogP contribution in [0.25, 0.3) is 88.6 Å². The molecule has 0 aliphatic heterocycles. The van der Waals surface area contributed by atoms with Gasteiger partial charge in [-0.15, -0.1) is 0 Å².